The first kappa shape index (κ1) is 40.7. The van der Waals surface area contributed by atoms with Gasteiger partial charge >= 0.3 is 0 Å². The van der Waals surface area contributed by atoms with Gasteiger partial charge in [0.2, 0.25) is 0 Å². The minimum Gasteiger partial charge on any atom is -0.307 e. The Balaban J connectivity index is 1.27. The Bertz CT molecular complexity index is 3820. The molecule has 0 atom stereocenters. The van der Waals surface area contributed by atoms with Gasteiger partial charge in [-0.2, -0.15) is 5.26 Å². The Labute approximate surface area is 396 Å². The number of benzene rings is 9. The van der Waals surface area contributed by atoms with Crippen LogP contribution >= 0.6 is 0 Å². The van der Waals surface area contributed by atoms with Crippen LogP contribution in [-0.2, 0) is 0 Å². The van der Waals surface area contributed by atoms with E-state index < -0.39 is 0 Å². The molecule has 0 saturated heterocycles. The van der Waals surface area contributed by atoms with E-state index in [1.807, 2.05) is 12.1 Å². The molecule has 4 nitrogen and oxygen atoms in total. The third-order valence-corrected chi connectivity index (χ3v) is 14.1. The number of pyridine rings is 1. The first-order chi connectivity index (χ1) is 33.3. The van der Waals surface area contributed by atoms with Gasteiger partial charge in [-0.15, -0.1) is 0 Å². The highest BCUT2D eigenvalue weighted by Crippen LogP contribution is 2.44. The molecule has 12 aromatic rings. The minimum atomic E-state index is 0.581. The molecule has 3 aromatic heterocycles. The number of hydrogen-bond donors (Lipinski definition) is 0. The second kappa shape index (κ2) is 16.3. The SMILES string of the molecule is Cc1ccccc1-c1ccc2c3ccc(-c4ccccc4C)cc3n(-c3cc(C#N)c(-c4ccncc4)cc3-n3c4cc(-c5ccccc5C)ccc4c4ccc(-c5ccccc5C)cc43)c2c1. The molecule has 9 aromatic carbocycles. The van der Waals surface area contributed by atoms with Crippen molar-refractivity contribution in [1.82, 2.24) is 14.1 Å². The van der Waals surface area contributed by atoms with Gasteiger partial charge in [0.05, 0.1) is 45.1 Å². The first-order valence-corrected chi connectivity index (χ1v) is 23.2. The Morgan fingerprint density at radius 2 is 0.662 bits per heavy atom. The second-order valence-corrected chi connectivity index (χ2v) is 18.1. The molecule has 0 amide bonds. The zero-order chi connectivity index (χ0) is 46.0. The zero-order valence-electron chi connectivity index (χ0n) is 38.4. The molecular formula is C64H46N4. The van der Waals surface area contributed by atoms with Gasteiger partial charge in [-0.25, -0.2) is 0 Å². The number of rotatable bonds is 7. The Hall–Kier alpha value is -8.78. The minimum absolute atomic E-state index is 0.581. The van der Waals surface area contributed by atoms with E-state index in [2.05, 4.69) is 230 Å². The summed E-state index contributed by atoms with van der Waals surface area (Å²) in [6.07, 6.45) is 3.61. The van der Waals surface area contributed by atoms with Gasteiger partial charge in [-0.05, 0) is 149 Å². The Kier molecular flexibility index (Phi) is 9.74. The highest BCUT2D eigenvalue weighted by molar-refractivity contribution is 6.14. The number of aromatic nitrogens is 3. The van der Waals surface area contributed by atoms with Crippen LogP contribution in [0.4, 0.5) is 0 Å². The van der Waals surface area contributed by atoms with Crippen molar-refractivity contribution in [1.29, 1.82) is 5.26 Å². The van der Waals surface area contributed by atoms with Crippen molar-refractivity contribution >= 4 is 43.6 Å². The molecule has 0 aliphatic rings. The first-order valence-electron chi connectivity index (χ1n) is 23.2. The van der Waals surface area contributed by atoms with Crippen LogP contribution < -0.4 is 0 Å². The fourth-order valence-corrected chi connectivity index (χ4v) is 10.6. The van der Waals surface area contributed by atoms with E-state index in [1.54, 1.807) is 12.4 Å². The molecule has 3 heterocycles. The molecule has 0 saturated carbocycles. The summed E-state index contributed by atoms with van der Waals surface area (Å²) in [5.41, 5.74) is 22.7. The standard InChI is InChI=1S/C64H46N4/c1-40-13-5-9-17-50(40)45-21-25-54-55-26-22-46(51-18-10-6-14-41(51)2)34-60(55)67(59(54)33-45)63-37-49(39-65)58(44-29-31-66-32-30-44)38-64(63)68-61-35-47(52-19-11-7-15-42(52)3)23-27-56(61)57-28-24-48(36-62(57)68)53-20-12-8-16-43(53)4/h5-38H,1-4H3. The quantitative estimate of drug-likeness (QED) is 0.160. The maximum atomic E-state index is 11.2. The maximum Gasteiger partial charge on any atom is 0.0998 e. The van der Waals surface area contributed by atoms with E-state index in [0.717, 1.165) is 88.4 Å². The van der Waals surface area contributed by atoms with Crippen LogP contribution in [0.3, 0.4) is 0 Å². The lowest BCUT2D eigenvalue weighted by Gasteiger charge is -2.20. The summed E-state index contributed by atoms with van der Waals surface area (Å²) in [7, 11) is 0. The topological polar surface area (TPSA) is 46.5 Å². The summed E-state index contributed by atoms with van der Waals surface area (Å²) >= 11 is 0. The molecule has 4 heteroatoms. The van der Waals surface area contributed by atoms with E-state index in [9.17, 15) is 5.26 Å². The summed E-state index contributed by atoms with van der Waals surface area (Å²) < 4.78 is 4.89. The molecule has 0 unspecified atom stereocenters. The third kappa shape index (κ3) is 6.63. The van der Waals surface area contributed by atoms with E-state index in [4.69, 9.17) is 0 Å². The second-order valence-electron chi connectivity index (χ2n) is 18.1. The largest absolute Gasteiger partial charge is 0.307 e. The van der Waals surface area contributed by atoms with Gasteiger partial charge in [-0.3, -0.25) is 4.98 Å². The number of nitrogens with zero attached hydrogens (tertiary/aromatic N) is 4. The fourth-order valence-electron chi connectivity index (χ4n) is 10.6. The van der Waals surface area contributed by atoms with Crippen LogP contribution in [0.5, 0.6) is 0 Å². The molecule has 0 N–H and O–H groups in total. The molecule has 0 spiro atoms. The average Bonchev–Trinajstić information content (AvgIpc) is 3.87. The van der Waals surface area contributed by atoms with Gasteiger partial charge in [0, 0.05) is 39.5 Å². The van der Waals surface area contributed by atoms with Gasteiger partial charge in [0.25, 0.3) is 0 Å². The van der Waals surface area contributed by atoms with Crippen LogP contribution in [0.25, 0.3) is 111 Å². The van der Waals surface area contributed by atoms with Gasteiger partial charge in [0.1, 0.15) is 0 Å². The number of nitriles is 1. The van der Waals surface area contributed by atoms with Crippen molar-refractivity contribution in [2.24, 2.45) is 0 Å². The van der Waals surface area contributed by atoms with Crippen LogP contribution in [0.1, 0.15) is 27.8 Å². The van der Waals surface area contributed by atoms with Crippen molar-refractivity contribution in [3.63, 3.8) is 0 Å². The van der Waals surface area contributed by atoms with Crippen LogP contribution in [0, 0.1) is 39.0 Å². The summed E-state index contributed by atoms with van der Waals surface area (Å²) in [5, 5.41) is 15.8. The number of aryl methyl sites for hydroxylation is 4. The molecule has 68 heavy (non-hydrogen) atoms. The molecule has 0 fully saturated rings. The number of hydrogen-bond acceptors (Lipinski definition) is 2. The molecule has 0 aliphatic carbocycles. The molecule has 0 bridgehead atoms. The predicted molar refractivity (Wildman–Crippen MR) is 284 cm³/mol. The van der Waals surface area contributed by atoms with Crippen LogP contribution in [0.2, 0.25) is 0 Å². The molecule has 0 radical (unpaired) electrons. The average molecular weight is 871 g/mol. The zero-order valence-corrected chi connectivity index (χ0v) is 38.4. The summed E-state index contributed by atoms with van der Waals surface area (Å²) in [4.78, 5) is 4.38. The van der Waals surface area contributed by atoms with Gasteiger partial charge in [0.15, 0.2) is 0 Å². The lowest BCUT2D eigenvalue weighted by Crippen LogP contribution is -2.06. The predicted octanol–water partition coefficient (Wildman–Crippen LogP) is 16.7. The lowest BCUT2D eigenvalue weighted by atomic mass is 9.98. The highest BCUT2D eigenvalue weighted by Gasteiger charge is 2.24. The Morgan fingerprint density at radius 3 is 0.985 bits per heavy atom. The third-order valence-electron chi connectivity index (χ3n) is 14.1. The maximum absolute atomic E-state index is 11.2. The molecule has 322 valence electrons. The van der Waals surface area contributed by atoms with Crippen molar-refractivity contribution in [3.05, 3.63) is 234 Å². The van der Waals surface area contributed by atoms with Crippen molar-refractivity contribution in [2.75, 3.05) is 0 Å². The monoisotopic (exact) mass is 870 g/mol. The van der Waals surface area contributed by atoms with Crippen LogP contribution in [0.15, 0.2) is 207 Å². The lowest BCUT2D eigenvalue weighted by molar-refractivity contribution is 1.09. The Morgan fingerprint density at radius 1 is 0.338 bits per heavy atom. The highest BCUT2D eigenvalue weighted by atomic mass is 15.1. The van der Waals surface area contributed by atoms with Gasteiger partial charge in [-0.1, -0.05) is 146 Å². The normalized spacial score (nSPS) is 11.5. The number of fused-ring (bicyclic) bond motifs is 6. The van der Waals surface area contributed by atoms with Crippen molar-refractivity contribution < 1.29 is 0 Å². The summed E-state index contributed by atoms with van der Waals surface area (Å²) in [6, 6.07) is 73.1. The van der Waals surface area contributed by atoms with Crippen LogP contribution in [-0.4, -0.2) is 14.1 Å². The molecular weight excluding hydrogens is 825 g/mol. The molecule has 12 rings (SSSR count). The fraction of sp³-hybridized carbons (Fsp3) is 0.0625. The van der Waals surface area contributed by atoms with Gasteiger partial charge < -0.3 is 9.13 Å². The van der Waals surface area contributed by atoms with E-state index in [1.165, 1.54) is 44.5 Å². The van der Waals surface area contributed by atoms with E-state index in [-0.39, 0.29) is 0 Å². The summed E-state index contributed by atoms with van der Waals surface area (Å²) in [6.45, 7) is 8.72. The molecule has 0 aliphatic heterocycles. The van der Waals surface area contributed by atoms with Crippen molar-refractivity contribution in [3.8, 4) is 73.1 Å². The smallest absolute Gasteiger partial charge is 0.0998 e. The van der Waals surface area contributed by atoms with E-state index in [0.29, 0.717) is 5.56 Å². The summed E-state index contributed by atoms with van der Waals surface area (Å²) in [5.74, 6) is 0. The van der Waals surface area contributed by atoms with Crippen molar-refractivity contribution in [2.45, 2.75) is 27.7 Å². The van der Waals surface area contributed by atoms with E-state index >= 15 is 0 Å².